The number of ether oxygens (including phenoxy) is 1. The summed E-state index contributed by atoms with van der Waals surface area (Å²) in [4.78, 5) is 5.53. The largest absolute Gasteiger partial charge is 0.473 e. The Hall–Kier alpha value is -0.610. The molecule has 4 heteroatoms. The SMILES string of the molecule is COc1ncc(C2CCCNC2)s1. The molecule has 13 heavy (non-hydrogen) atoms. The van der Waals surface area contributed by atoms with Crippen LogP contribution in [0, 0.1) is 0 Å². The van der Waals surface area contributed by atoms with Crippen LogP contribution in [0.2, 0.25) is 0 Å². The molecule has 3 nitrogen and oxygen atoms in total. The van der Waals surface area contributed by atoms with E-state index >= 15 is 0 Å². The normalized spacial score (nSPS) is 23.0. The number of thiazole rings is 1. The van der Waals surface area contributed by atoms with Crippen molar-refractivity contribution < 1.29 is 4.74 Å². The van der Waals surface area contributed by atoms with Gasteiger partial charge in [0.15, 0.2) is 0 Å². The first-order valence-corrected chi connectivity index (χ1v) is 5.42. The van der Waals surface area contributed by atoms with Crippen molar-refractivity contribution in [2.45, 2.75) is 18.8 Å². The molecule has 0 aromatic carbocycles. The summed E-state index contributed by atoms with van der Waals surface area (Å²) in [5.41, 5.74) is 0. The van der Waals surface area contributed by atoms with Crippen molar-refractivity contribution in [3.05, 3.63) is 11.1 Å². The Morgan fingerprint density at radius 3 is 3.23 bits per heavy atom. The van der Waals surface area contributed by atoms with Gasteiger partial charge in [0.25, 0.3) is 5.19 Å². The summed E-state index contributed by atoms with van der Waals surface area (Å²) in [5.74, 6) is 0.648. The lowest BCUT2D eigenvalue weighted by atomic mass is 9.99. The number of methoxy groups -OCH3 is 1. The van der Waals surface area contributed by atoms with Crippen molar-refractivity contribution in [3.8, 4) is 5.19 Å². The Bertz CT molecular complexity index is 268. The smallest absolute Gasteiger partial charge is 0.273 e. The average molecular weight is 198 g/mol. The summed E-state index contributed by atoms with van der Waals surface area (Å²) >= 11 is 1.67. The van der Waals surface area contributed by atoms with Crippen LogP contribution in [0.5, 0.6) is 5.19 Å². The molecule has 0 aliphatic carbocycles. The first-order chi connectivity index (χ1) is 6.40. The van der Waals surface area contributed by atoms with Gasteiger partial charge in [0, 0.05) is 23.5 Å². The Labute approximate surface area is 82.1 Å². The predicted octanol–water partition coefficient (Wildman–Crippen LogP) is 1.62. The number of aromatic nitrogens is 1. The topological polar surface area (TPSA) is 34.1 Å². The molecule has 2 rings (SSSR count). The van der Waals surface area contributed by atoms with E-state index in [9.17, 15) is 0 Å². The minimum absolute atomic E-state index is 0.648. The third-order valence-corrected chi connectivity index (χ3v) is 3.50. The van der Waals surface area contributed by atoms with Crippen LogP contribution in [0.1, 0.15) is 23.6 Å². The predicted molar refractivity (Wildman–Crippen MR) is 53.5 cm³/mol. The maximum Gasteiger partial charge on any atom is 0.273 e. The van der Waals surface area contributed by atoms with Crippen molar-refractivity contribution in [1.29, 1.82) is 0 Å². The molecule has 1 saturated heterocycles. The molecular weight excluding hydrogens is 184 g/mol. The standard InChI is InChI=1S/C9H14N2OS/c1-12-9-11-6-8(13-9)7-3-2-4-10-5-7/h6-7,10H,2-5H2,1H3. The molecule has 0 amide bonds. The molecule has 72 valence electrons. The van der Waals surface area contributed by atoms with Crippen LogP contribution in [0.4, 0.5) is 0 Å². The van der Waals surface area contributed by atoms with Crippen LogP contribution in [0.15, 0.2) is 6.20 Å². The molecule has 0 spiro atoms. The van der Waals surface area contributed by atoms with E-state index in [1.54, 1.807) is 18.4 Å². The number of rotatable bonds is 2. The van der Waals surface area contributed by atoms with Crippen LogP contribution >= 0.6 is 11.3 Å². The summed E-state index contributed by atoms with van der Waals surface area (Å²) in [7, 11) is 1.67. The zero-order chi connectivity index (χ0) is 9.10. The third-order valence-electron chi connectivity index (χ3n) is 2.38. The Morgan fingerprint density at radius 1 is 1.69 bits per heavy atom. The number of piperidine rings is 1. The number of hydrogen-bond acceptors (Lipinski definition) is 4. The van der Waals surface area contributed by atoms with Crippen molar-refractivity contribution in [1.82, 2.24) is 10.3 Å². The van der Waals surface area contributed by atoms with E-state index in [-0.39, 0.29) is 0 Å². The van der Waals surface area contributed by atoms with Gasteiger partial charge in [-0.25, -0.2) is 4.98 Å². The highest BCUT2D eigenvalue weighted by atomic mass is 32.1. The molecule has 1 aromatic rings. The van der Waals surface area contributed by atoms with Gasteiger partial charge in [-0.1, -0.05) is 11.3 Å². The fourth-order valence-corrected chi connectivity index (χ4v) is 2.51. The Balaban J connectivity index is 2.05. The highest BCUT2D eigenvalue weighted by molar-refractivity contribution is 7.13. The molecular formula is C9H14N2OS. The Morgan fingerprint density at radius 2 is 2.62 bits per heavy atom. The second-order valence-corrected chi connectivity index (χ2v) is 4.30. The van der Waals surface area contributed by atoms with Gasteiger partial charge in [-0.05, 0) is 19.4 Å². The second-order valence-electron chi connectivity index (χ2n) is 3.28. The minimum atomic E-state index is 0.648. The molecule has 0 radical (unpaired) electrons. The molecule has 1 unspecified atom stereocenters. The van der Waals surface area contributed by atoms with Crippen LogP contribution in [-0.2, 0) is 0 Å². The first kappa shape index (κ1) is 8.97. The molecule has 1 aliphatic heterocycles. The number of nitrogens with one attached hydrogen (secondary N) is 1. The van der Waals surface area contributed by atoms with Crippen LogP contribution < -0.4 is 10.1 Å². The highest BCUT2D eigenvalue weighted by Crippen LogP contribution is 2.30. The van der Waals surface area contributed by atoms with E-state index < -0.39 is 0 Å². The molecule has 1 atom stereocenters. The van der Waals surface area contributed by atoms with Gasteiger partial charge in [-0.2, -0.15) is 0 Å². The van der Waals surface area contributed by atoms with Gasteiger partial charge >= 0.3 is 0 Å². The molecule has 0 bridgehead atoms. The molecule has 1 N–H and O–H groups in total. The van der Waals surface area contributed by atoms with Crippen molar-refractivity contribution in [3.63, 3.8) is 0 Å². The summed E-state index contributed by atoms with van der Waals surface area (Å²) in [6.07, 6.45) is 4.49. The lowest BCUT2D eigenvalue weighted by Gasteiger charge is -2.20. The lowest BCUT2D eigenvalue weighted by molar-refractivity contribution is 0.412. The van der Waals surface area contributed by atoms with E-state index in [1.807, 2.05) is 6.20 Å². The average Bonchev–Trinajstić information content (AvgIpc) is 2.67. The van der Waals surface area contributed by atoms with Crippen molar-refractivity contribution in [2.75, 3.05) is 20.2 Å². The van der Waals surface area contributed by atoms with Gasteiger partial charge in [0.05, 0.1) is 7.11 Å². The maximum absolute atomic E-state index is 5.07. The second kappa shape index (κ2) is 4.07. The van der Waals surface area contributed by atoms with Crippen molar-refractivity contribution in [2.24, 2.45) is 0 Å². The fourth-order valence-electron chi connectivity index (χ4n) is 1.65. The summed E-state index contributed by atoms with van der Waals surface area (Å²) in [6.45, 7) is 2.25. The quantitative estimate of drug-likeness (QED) is 0.784. The van der Waals surface area contributed by atoms with Crippen LogP contribution in [0.3, 0.4) is 0 Å². The molecule has 1 fully saturated rings. The zero-order valence-corrected chi connectivity index (χ0v) is 8.56. The highest BCUT2D eigenvalue weighted by Gasteiger charge is 2.17. The van der Waals surface area contributed by atoms with Crippen molar-refractivity contribution >= 4 is 11.3 Å². The van der Waals surface area contributed by atoms with E-state index in [0.717, 1.165) is 18.3 Å². The summed E-state index contributed by atoms with van der Waals surface area (Å²) in [5, 5.41) is 4.18. The first-order valence-electron chi connectivity index (χ1n) is 4.60. The van der Waals surface area contributed by atoms with Gasteiger partial charge in [-0.15, -0.1) is 0 Å². The summed E-state index contributed by atoms with van der Waals surface area (Å²) < 4.78 is 5.07. The van der Waals surface area contributed by atoms with Crippen LogP contribution in [0.25, 0.3) is 0 Å². The molecule has 1 aliphatic rings. The third kappa shape index (κ3) is 2.00. The fraction of sp³-hybridized carbons (Fsp3) is 0.667. The van der Waals surface area contributed by atoms with E-state index in [0.29, 0.717) is 5.92 Å². The van der Waals surface area contributed by atoms with Gasteiger partial charge in [-0.3, -0.25) is 0 Å². The zero-order valence-electron chi connectivity index (χ0n) is 7.75. The van der Waals surface area contributed by atoms with E-state index in [2.05, 4.69) is 10.3 Å². The van der Waals surface area contributed by atoms with Gasteiger partial charge in [0.1, 0.15) is 0 Å². The number of nitrogens with zero attached hydrogens (tertiary/aromatic N) is 1. The van der Waals surface area contributed by atoms with E-state index in [1.165, 1.54) is 17.7 Å². The molecule has 0 saturated carbocycles. The van der Waals surface area contributed by atoms with E-state index in [4.69, 9.17) is 4.74 Å². The lowest BCUT2D eigenvalue weighted by Crippen LogP contribution is -2.27. The molecule has 2 heterocycles. The summed E-state index contributed by atoms with van der Waals surface area (Å²) in [6, 6.07) is 0. The minimum Gasteiger partial charge on any atom is -0.473 e. The molecule has 1 aromatic heterocycles. The number of hydrogen-bond donors (Lipinski definition) is 1. The maximum atomic E-state index is 5.07. The Kier molecular flexibility index (Phi) is 2.80. The monoisotopic (exact) mass is 198 g/mol. The van der Waals surface area contributed by atoms with Gasteiger partial charge < -0.3 is 10.1 Å². The van der Waals surface area contributed by atoms with Gasteiger partial charge in [0.2, 0.25) is 0 Å². The van der Waals surface area contributed by atoms with Crippen LogP contribution in [-0.4, -0.2) is 25.2 Å².